The number of ether oxygens (including phenoxy) is 3. The number of aromatic nitrogens is 2. The Kier molecular flexibility index (Phi) is 3.34. The molecule has 1 fully saturated rings. The molecule has 7 heteroatoms. The molecule has 0 N–H and O–H groups in total. The summed E-state index contributed by atoms with van der Waals surface area (Å²) < 4.78 is 18.5. The first kappa shape index (κ1) is 14.0. The SMILES string of the molecule is O=C(OC[C@H]1O[C@@H]2C[C@@H]1Oc1nc(=O)ccn12)c1ccccc1. The van der Waals surface area contributed by atoms with Gasteiger partial charge in [-0.2, -0.15) is 4.98 Å². The van der Waals surface area contributed by atoms with Gasteiger partial charge in [-0.05, 0) is 12.1 Å². The Bertz CT molecular complexity index is 789. The van der Waals surface area contributed by atoms with Crippen LogP contribution in [0.2, 0.25) is 0 Å². The molecule has 0 unspecified atom stereocenters. The third-order valence-corrected chi connectivity index (χ3v) is 3.94. The van der Waals surface area contributed by atoms with Gasteiger partial charge in [0.2, 0.25) is 0 Å². The lowest BCUT2D eigenvalue weighted by atomic mass is 10.1. The summed E-state index contributed by atoms with van der Waals surface area (Å²) in [5.74, 6) is -0.402. The van der Waals surface area contributed by atoms with Crippen LogP contribution >= 0.6 is 0 Å². The summed E-state index contributed by atoms with van der Waals surface area (Å²) >= 11 is 0. The molecule has 0 aliphatic carbocycles. The van der Waals surface area contributed by atoms with Gasteiger partial charge in [0, 0.05) is 18.7 Å². The van der Waals surface area contributed by atoms with Crippen LogP contribution in [0.5, 0.6) is 6.01 Å². The second-order valence-corrected chi connectivity index (χ2v) is 5.44. The maximum atomic E-state index is 12.0. The molecule has 3 atom stereocenters. The molecule has 1 saturated heterocycles. The van der Waals surface area contributed by atoms with Crippen LogP contribution in [-0.2, 0) is 9.47 Å². The van der Waals surface area contributed by atoms with E-state index in [1.165, 1.54) is 6.07 Å². The van der Waals surface area contributed by atoms with Gasteiger partial charge < -0.3 is 14.2 Å². The topological polar surface area (TPSA) is 79.7 Å². The van der Waals surface area contributed by atoms with E-state index < -0.39 is 5.97 Å². The van der Waals surface area contributed by atoms with Crippen molar-refractivity contribution in [2.24, 2.45) is 0 Å². The Morgan fingerprint density at radius 1 is 1.30 bits per heavy atom. The Balaban J connectivity index is 1.43. The lowest BCUT2D eigenvalue weighted by Crippen LogP contribution is -2.34. The summed E-state index contributed by atoms with van der Waals surface area (Å²) in [6.07, 6.45) is 1.31. The van der Waals surface area contributed by atoms with Crippen molar-refractivity contribution >= 4 is 5.97 Å². The minimum atomic E-state index is -0.402. The van der Waals surface area contributed by atoms with E-state index in [1.807, 2.05) is 6.07 Å². The lowest BCUT2D eigenvalue weighted by Gasteiger charge is -2.23. The fourth-order valence-electron chi connectivity index (χ4n) is 2.80. The maximum Gasteiger partial charge on any atom is 0.338 e. The molecule has 23 heavy (non-hydrogen) atoms. The molecular formula is C16H14N2O5. The average Bonchev–Trinajstić information content (AvgIpc) is 2.90. The number of hydrogen-bond acceptors (Lipinski definition) is 6. The Morgan fingerprint density at radius 2 is 2.13 bits per heavy atom. The van der Waals surface area contributed by atoms with Gasteiger partial charge >= 0.3 is 12.0 Å². The van der Waals surface area contributed by atoms with E-state index in [-0.39, 0.29) is 36.6 Å². The summed E-state index contributed by atoms with van der Waals surface area (Å²) in [4.78, 5) is 27.1. The summed E-state index contributed by atoms with van der Waals surface area (Å²) in [6.45, 7) is 0.0909. The number of rotatable bonds is 3. The van der Waals surface area contributed by atoms with Gasteiger partial charge in [-0.3, -0.25) is 9.36 Å². The second-order valence-electron chi connectivity index (χ2n) is 5.44. The minimum Gasteiger partial charge on any atom is -0.459 e. The molecule has 0 saturated carbocycles. The number of hydrogen-bond donors (Lipinski definition) is 0. The molecule has 118 valence electrons. The molecule has 0 amide bonds. The highest BCUT2D eigenvalue weighted by Gasteiger charge is 2.43. The van der Waals surface area contributed by atoms with Gasteiger partial charge in [-0.1, -0.05) is 18.2 Å². The molecule has 2 aliphatic heterocycles. The first-order valence-electron chi connectivity index (χ1n) is 7.34. The Labute approximate surface area is 131 Å². The van der Waals surface area contributed by atoms with Crippen LogP contribution in [0.3, 0.4) is 0 Å². The summed E-state index contributed by atoms with van der Waals surface area (Å²) in [5, 5.41) is 0. The van der Waals surface area contributed by atoms with E-state index in [9.17, 15) is 9.59 Å². The normalized spacial score (nSPS) is 24.6. The molecule has 4 rings (SSSR count). The van der Waals surface area contributed by atoms with Crippen molar-refractivity contribution in [1.82, 2.24) is 9.55 Å². The Morgan fingerprint density at radius 3 is 2.96 bits per heavy atom. The minimum absolute atomic E-state index is 0.0909. The van der Waals surface area contributed by atoms with Crippen LogP contribution in [-0.4, -0.2) is 34.3 Å². The van der Waals surface area contributed by atoms with Crippen LogP contribution in [0.4, 0.5) is 0 Å². The third kappa shape index (κ3) is 2.59. The third-order valence-electron chi connectivity index (χ3n) is 3.94. The highest BCUT2D eigenvalue weighted by atomic mass is 16.6. The fraction of sp³-hybridized carbons (Fsp3) is 0.312. The van der Waals surface area contributed by atoms with Gasteiger partial charge in [0.25, 0.3) is 5.56 Å². The van der Waals surface area contributed by atoms with Crippen molar-refractivity contribution in [1.29, 1.82) is 0 Å². The van der Waals surface area contributed by atoms with Gasteiger partial charge in [0.05, 0.1) is 5.56 Å². The average molecular weight is 314 g/mol. The van der Waals surface area contributed by atoms with Crippen molar-refractivity contribution in [2.45, 2.75) is 24.9 Å². The predicted molar refractivity (Wildman–Crippen MR) is 78.2 cm³/mol. The van der Waals surface area contributed by atoms with Crippen molar-refractivity contribution in [2.75, 3.05) is 6.61 Å². The van der Waals surface area contributed by atoms with Gasteiger partial charge in [-0.25, -0.2) is 4.79 Å². The van der Waals surface area contributed by atoms with Crippen LogP contribution in [0.25, 0.3) is 0 Å². The number of benzene rings is 1. The largest absolute Gasteiger partial charge is 0.459 e. The highest BCUT2D eigenvalue weighted by molar-refractivity contribution is 5.89. The van der Waals surface area contributed by atoms with Gasteiger partial charge in [-0.15, -0.1) is 0 Å². The second kappa shape index (κ2) is 5.51. The number of esters is 1. The van der Waals surface area contributed by atoms with E-state index in [1.54, 1.807) is 35.0 Å². The van der Waals surface area contributed by atoms with E-state index in [4.69, 9.17) is 14.2 Å². The summed E-state index contributed by atoms with van der Waals surface area (Å²) in [5.41, 5.74) is 0.134. The van der Waals surface area contributed by atoms with Gasteiger partial charge in [0.15, 0.2) is 0 Å². The molecule has 1 aromatic carbocycles. The van der Waals surface area contributed by atoms with Crippen molar-refractivity contribution in [3.63, 3.8) is 0 Å². The molecule has 1 aromatic heterocycles. The zero-order valence-electron chi connectivity index (χ0n) is 12.1. The first-order valence-corrected chi connectivity index (χ1v) is 7.34. The van der Waals surface area contributed by atoms with E-state index >= 15 is 0 Å². The molecule has 2 aromatic rings. The zero-order valence-corrected chi connectivity index (χ0v) is 12.1. The van der Waals surface area contributed by atoms with E-state index in [2.05, 4.69) is 4.98 Å². The smallest absolute Gasteiger partial charge is 0.338 e. The monoisotopic (exact) mass is 314 g/mol. The van der Waals surface area contributed by atoms with Crippen LogP contribution in [0, 0.1) is 0 Å². The number of carbonyl (C=O) groups excluding carboxylic acids is 1. The molecule has 0 spiro atoms. The molecule has 0 radical (unpaired) electrons. The zero-order chi connectivity index (χ0) is 15.8. The maximum absolute atomic E-state index is 12.0. The summed E-state index contributed by atoms with van der Waals surface area (Å²) in [6, 6.07) is 10.4. The number of nitrogens with zero attached hydrogens (tertiary/aromatic N) is 2. The van der Waals surface area contributed by atoms with Crippen LogP contribution in [0.15, 0.2) is 47.4 Å². The van der Waals surface area contributed by atoms with E-state index in [0.29, 0.717) is 12.0 Å². The Hall–Kier alpha value is -2.67. The van der Waals surface area contributed by atoms with Crippen LogP contribution in [0.1, 0.15) is 23.0 Å². The predicted octanol–water partition coefficient (Wildman–Crippen LogP) is 1.15. The molecule has 7 nitrogen and oxygen atoms in total. The number of carbonyl (C=O) groups is 1. The molecule has 2 bridgehead atoms. The number of fused-ring (bicyclic) bond motifs is 4. The lowest BCUT2D eigenvalue weighted by molar-refractivity contribution is -0.0351. The van der Waals surface area contributed by atoms with Gasteiger partial charge in [0.1, 0.15) is 25.0 Å². The molecule has 2 aliphatic rings. The van der Waals surface area contributed by atoms with Crippen molar-refractivity contribution in [3.8, 4) is 6.01 Å². The highest BCUT2D eigenvalue weighted by Crippen LogP contribution is 2.37. The van der Waals surface area contributed by atoms with Crippen LogP contribution < -0.4 is 10.3 Å². The van der Waals surface area contributed by atoms with Crippen molar-refractivity contribution in [3.05, 3.63) is 58.5 Å². The first-order chi connectivity index (χ1) is 11.2. The van der Waals surface area contributed by atoms with Crippen molar-refractivity contribution < 1.29 is 19.0 Å². The quantitative estimate of drug-likeness (QED) is 0.791. The molecule has 3 heterocycles. The fourth-order valence-corrected chi connectivity index (χ4v) is 2.80. The van der Waals surface area contributed by atoms with E-state index in [0.717, 1.165) is 0 Å². The molecular weight excluding hydrogens is 300 g/mol. The standard InChI is InChI=1S/C16H14N2O5/c19-13-6-7-18-14-8-11(23-16(18)17-13)12(22-14)9-21-15(20)10-4-2-1-3-5-10/h1-7,11-12,14H,8-9H2/t11-,12+,14+/m0/s1. The summed E-state index contributed by atoms with van der Waals surface area (Å²) in [7, 11) is 0.